The molecule has 0 aliphatic carbocycles. The fourth-order valence-corrected chi connectivity index (χ4v) is 3.67. The second-order valence-corrected chi connectivity index (χ2v) is 9.17. The molecule has 0 radical (unpaired) electrons. The monoisotopic (exact) mass is 441 g/mol. The van der Waals surface area contributed by atoms with Gasteiger partial charge in [0.1, 0.15) is 18.2 Å². The molecule has 2 aromatic carbocycles. The van der Waals surface area contributed by atoms with Gasteiger partial charge in [-0.2, -0.15) is 0 Å². The van der Waals surface area contributed by atoms with Crippen LogP contribution in [0.3, 0.4) is 0 Å². The zero-order chi connectivity index (χ0) is 23.1. The lowest BCUT2D eigenvalue weighted by Crippen LogP contribution is -2.43. The van der Waals surface area contributed by atoms with Gasteiger partial charge in [-0.1, -0.05) is 32.9 Å². The minimum atomic E-state index is -0.662. The molecule has 0 saturated carbocycles. The van der Waals surface area contributed by atoms with Crippen molar-refractivity contribution >= 4 is 17.5 Å². The van der Waals surface area contributed by atoms with Crippen LogP contribution in [0.1, 0.15) is 32.8 Å². The van der Waals surface area contributed by atoms with Gasteiger partial charge in [0.25, 0.3) is 0 Å². The third-order valence-electron chi connectivity index (χ3n) is 5.59. The average Bonchev–Trinajstić information content (AvgIpc) is 3.24. The summed E-state index contributed by atoms with van der Waals surface area (Å²) in [6, 6.07) is 14.3. The highest BCUT2D eigenvalue weighted by atomic mass is 19.1. The molecular weight excluding hydrogens is 409 g/mol. The molecule has 7 heteroatoms. The van der Waals surface area contributed by atoms with Crippen molar-refractivity contribution in [3.8, 4) is 5.75 Å². The average molecular weight is 442 g/mol. The maximum absolute atomic E-state index is 13.1. The van der Waals surface area contributed by atoms with E-state index in [2.05, 4.69) is 42.4 Å². The Morgan fingerprint density at radius 2 is 1.81 bits per heavy atom. The topological polar surface area (TPSA) is 70.7 Å². The molecule has 2 N–H and O–H groups in total. The summed E-state index contributed by atoms with van der Waals surface area (Å²) in [5.41, 5.74) is 2.16. The molecule has 1 saturated heterocycles. The van der Waals surface area contributed by atoms with Crippen molar-refractivity contribution in [3.05, 3.63) is 59.9 Å². The number of carbonyl (C=O) groups excluding carboxylic acids is 2. The van der Waals surface area contributed by atoms with E-state index < -0.39 is 11.8 Å². The summed E-state index contributed by atoms with van der Waals surface area (Å²) < 4.78 is 18.8. The molecule has 0 aromatic heterocycles. The fourth-order valence-electron chi connectivity index (χ4n) is 3.67. The number of hydrogen-bond acceptors (Lipinski definition) is 4. The van der Waals surface area contributed by atoms with E-state index in [4.69, 9.17) is 4.74 Å². The maximum Gasteiger partial charge on any atom is 0.309 e. The number of nitrogens with one attached hydrogen (secondary N) is 2. The lowest BCUT2D eigenvalue weighted by molar-refractivity contribution is -0.139. The predicted molar refractivity (Wildman–Crippen MR) is 123 cm³/mol. The lowest BCUT2D eigenvalue weighted by atomic mass is 9.87. The standard InChI is InChI=1S/C25H32FN3O3/c1-25(2,3)19-5-4-6-22(15-19)32-14-12-27-23(30)24(31)28-16-18-11-13-29(17-18)21-9-7-20(26)8-10-21/h4-10,15,18H,11-14,16-17H2,1-3H3,(H,27,30)(H,28,31). The maximum atomic E-state index is 13.1. The number of benzene rings is 2. The molecule has 1 atom stereocenters. The van der Waals surface area contributed by atoms with E-state index in [1.165, 1.54) is 17.7 Å². The van der Waals surface area contributed by atoms with Gasteiger partial charge in [-0.25, -0.2) is 4.39 Å². The molecule has 3 rings (SSSR count). The Kier molecular flexibility index (Phi) is 7.72. The summed E-state index contributed by atoms with van der Waals surface area (Å²) in [7, 11) is 0. The Labute approximate surface area is 189 Å². The summed E-state index contributed by atoms with van der Waals surface area (Å²) in [5, 5.41) is 5.30. The fraction of sp³-hybridized carbons (Fsp3) is 0.440. The van der Waals surface area contributed by atoms with E-state index in [9.17, 15) is 14.0 Å². The van der Waals surface area contributed by atoms with Gasteiger partial charge in [0.05, 0.1) is 6.54 Å². The highest BCUT2D eigenvalue weighted by Crippen LogP contribution is 2.25. The van der Waals surface area contributed by atoms with E-state index in [-0.39, 0.29) is 30.3 Å². The third kappa shape index (κ3) is 6.70. The highest BCUT2D eigenvalue weighted by Gasteiger charge is 2.24. The molecular formula is C25H32FN3O3. The van der Waals surface area contributed by atoms with E-state index in [1.54, 1.807) is 12.1 Å². The second kappa shape index (κ2) is 10.5. The van der Waals surface area contributed by atoms with E-state index in [1.807, 2.05) is 18.2 Å². The van der Waals surface area contributed by atoms with Crippen molar-refractivity contribution in [1.82, 2.24) is 10.6 Å². The van der Waals surface area contributed by atoms with Crippen molar-refractivity contribution in [2.45, 2.75) is 32.6 Å². The molecule has 32 heavy (non-hydrogen) atoms. The van der Waals surface area contributed by atoms with Crippen molar-refractivity contribution in [2.24, 2.45) is 5.92 Å². The minimum absolute atomic E-state index is 0.0288. The van der Waals surface area contributed by atoms with Crippen LogP contribution in [0.2, 0.25) is 0 Å². The first-order chi connectivity index (χ1) is 15.2. The zero-order valence-electron chi connectivity index (χ0n) is 19.0. The predicted octanol–water partition coefficient (Wildman–Crippen LogP) is 3.26. The summed E-state index contributed by atoms with van der Waals surface area (Å²) in [5.74, 6) is -0.574. The van der Waals surface area contributed by atoms with E-state index in [0.717, 1.165) is 30.9 Å². The number of anilines is 1. The second-order valence-electron chi connectivity index (χ2n) is 9.17. The number of hydrogen-bond donors (Lipinski definition) is 2. The first kappa shape index (κ1) is 23.6. The molecule has 2 aromatic rings. The van der Waals surface area contributed by atoms with Crippen LogP contribution >= 0.6 is 0 Å². The van der Waals surface area contributed by atoms with Crippen LogP contribution in [-0.2, 0) is 15.0 Å². The molecule has 0 bridgehead atoms. The number of amides is 2. The first-order valence-corrected chi connectivity index (χ1v) is 11.0. The SMILES string of the molecule is CC(C)(C)c1cccc(OCCNC(=O)C(=O)NCC2CCN(c3ccc(F)cc3)C2)c1. The van der Waals surface area contributed by atoms with Gasteiger partial charge in [-0.3, -0.25) is 9.59 Å². The van der Waals surface area contributed by atoms with Crippen LogP contribution in [-0.4, -0.2) is 44.6 Å². The van der Waals surface area contributed by atoms with E-state index in [0.29, 0.717) is 6.54 Å². The van der Waals surface area contributed by atoms with Crippen LogP contribution in [0.4, 0.5) is 10.1 Å². The zero-order valence-corrected chi connectivity index (χ0v) is 19.0. The minimum Gasteiger partial charge on any atom is -0.492 e. The smallest absolute Gasteiger partial charge is 0.309 e. The van der Waals surface area contributed by atoms with Gasteiger partial charge < -0.3 is 20.3 Å². The Balaban J connectivity index is 1.34. The molecule has 2 amide bonds. The Hall–Kier alpha value is -3.09. The molecule has 6 nitrogen and oxygen atoms in total. The van der Waals surface area contributed by atoms with Crippen LogP contribution < -0.4 is 20.3 Å². The number of nitrogens with zero attached hydrogens (tertiary/aromatic N) is 1. The number of halogens is 1. The van der Waals surface area contributed by atoms with Crippen molar-refractivity contribution in [1.29, 1.82) is 0 Å². The highest BCUT2D eigenvalue weighted by molar-refractivity contribution is 6.35. The quantitative estimate of drug-likeness (QED) is 0.511. The molecule has 1 aliphatic heterocycles. The van der Waals surface area contributed by atoms with E-state index >= 15 is 0 Å². The summed E-state index contributed by atoms with van der Waals surface area (Å²) >= 11 is 0. The largest absolute Gasteiger partial charge is 0.492 e. The Morgan fingerprint density at radius 1 is 1.09 bits per heavy atom. The molecule has 1 fully saturated rings. The van der Waals surface area contributed by atoms with Crippen LogP contribution in [0.15, 0.2) is 48.5 Å². The van der Waals surface area contributed by atoms with Gasteiger partial charge >= 0.3 is 11.8 Å². The molecule has 1 unspecified atom stereocenters. The Morgan fingerprint density at radius 3 is 2.53 bits per heavy atom. The molecule has 172 valence electrons. The molecule has 0 spiro atoms. The van der Waals surface area contributed by atoms with Gasteiger partial charge in [-0.15, -0.1) is 0 Å². The Bertz CT molecular complexity index is 925. The van der Waals surface area contributed by atoms with Gasteiger partial charge in [0.2, 0.25) is 0 Å². The first-order valence-electron chi connectivity index (χ1n) is 11.0. The number of carbonyl (C=O) groups is 2. The van der Waals surface area contributed by atoms with Crippen LogP contribution in [0.25, 0.3) is 0 Å². The van der Waals surface area contributed by atoms with Crippen LogP contribution in [0, 0.1) is 11.7 Å². The van der Waals surface area contributed by atoms with Crippen molar-refractivity contribution in [2.75, 3.05) is 37.7 Å². The van der Waals surface area contributed by atoms with Crippen molar-refractivity contribution in [3.63, 3.8) is 0 Å². The normalized spacial score (nSPS) is 16.0. The summed E-state index contributed by atoms with van der Waals surface area (Å²) in [6.07, 6.45) is 0.904. The summed E-state index contributed by atoms with van der Waals surface area (Å²) in [6.45, 7) is 8.96. The van der Waals surface area contributed by atoms with Gasteiger partial charge in [-0.05, 0) is 59.7 Å². The summed E-state index contributed by atoms with van der Waals surface area (Å²) in [4.78, 5) is 26.3. The van der Waals surface area contributed by atoms with Gasteiger partial charge in [0.15, 0.2) is 0 Å². The molecule has 1 heterocycles. The molecule has 1 aliphatic rings. The van der Waals surface area contributed by atoms with Crippen molar-refractivity contribution < 1.29 is 18.7 Å². The number of rotatable bonds is 7. The number of ether oxygens (including phenoxy) is 1. The third-order valence-corrected chi connectivity index (χ3v) is 5.59. The lowest BCUT2D eigenvalue weighted by Gasteiger charge is -2.19. The van der Waals surface area contributed by atoms with Gasteiger partial charge in [0, 0.05) is 25.3 Å². The van der Waals surface area contributed by atoms with Crippen LogP contribution in [0.5, 0.6) is 5.75 Å².